The SMILES string of the molecule is Cc1cc(-n2ncc(=O)[nH]c2=O)ccc1Oc1ccc(N)cc1. The summed E-state index contributed by atoms with van der Waals surface area (Å²) in [5.41, 5.74) is 6.52. The van der Waals surface area contributed by atoms with Crippen LogP contribution in [0.5, 0.6) is 11.5 Å². The van der Waals surface area contributed by atoms with E-state index in [1.165, 1.54) is 0 Å². The molecule has 0 aliphatic rings. The number of anilines is 1. The monoisotopic (exact) mass is 310 g/mol. The van der Waals surface area contributed by atoms with Crippen LogP contribution in [0, 0.1) is 6.92 Å². The van der Waals surface area contributed by atoms with Gasteiger partial charge >= 0.3 is 5.69 Å². The topological polar surface area (TPSA) is 103 Å². The van der Waals surface area contributed by atoms with Gasteiger partial charge in [0.05, 0.1) is 5.69 Å². The highest BCUT2D eigenvalue weighted by Gasteiger charge is 2.07. The van der Waals surface area contributed by atoms with E-state index in [0.29, 0.717) is 22.9 Å². The number of hydrogen-bond acceptors (Lipinski definition) is 5. The third kappa shape index (κ3) is 3.13. The Bertz CT molecular complexity index is 958. The van der Waals surface area contributed by atoms with Crippen molar-refractivity contribution in [2.45, 2.75) is 6.92 Å². The molecule has 0 amide bonds. The first kappa shape index (κ1) is 14.6. The summed E-state index contributed by atoms with van der Waals surface area (Å²) in [6.07, 6.45) is 1.05. The van der Waals surface area contributed by atoms with E-state index in [4.69, 9.17) is 10.5 Å². The summed E-state index contributed by atoms with van der Waals surface area (Å²) in [5.74, 6) is 1.31. The summed E-state index contributed by atoms with van der Waals surface area (Å²) in [6, 6.07) is 12.2. The van der Waals surface area contributed by atoms with Gasteiger partial charge in [-0.15, -0.1) is 0 Å². The summed E-state index contributed by atoms with van der Waals surface area (Å²) in [4.78, 5) is 25.0. The standard InChI is InChI=1S/C16H14N4O3/c1-10-8-12(20-16(22)19-15(21)9-18-20)4-7-14(10)23-13-5-2-11(17)3-6-13/h2-9H,17H2,1H3,(H,19,21,22). The maximum atomic E-state index is 11.8. The molecule has 0 aliphatic heterocycles. The Morgan fingerprint density at radius 1 is 1.13 bits per heavy atom. The van der Waals surface area contributed by atoms with Crippen molar-refractivity contribution in [3.8, 4) is 17.2 Å². The van der Waals surface area contributed by atoms with Crippen LogP contribution in [0.1, 0.15) is 5.56 Å². The van der Waals surface area contributed by atoms with E-state index in [2.05, 4.69) is 10.1 Å². The van der Waals surface area contributed by atoms with Gasteiger partial charge in [-0.3, -0.25) is 9.78 Å². The number of benzene rings is 2. The molecule has 3 rings (SSSR count). The molecule has 0 radical (unpaired) electrons. The number of aromatic nitrogens is 3. The highest BCUT2D eigenvalue weighted by molar-refractivity contribution is 5.47. The zero-order valence-corrected chi connectivity index (χ0v) is 12.3. The van der Waals surface area contributed by atoms with E-state index in [9.17, 15) is 9.59 Å². The molecule has 3 N–H and O–H groups in total. The Labute approximate surface area is 131 Å². The lowest BCUT2D eigenvalue weighted by atomic mass is 10.2. The zero-order valence-electron chi connectivity index (χ0n) is 12.3. The Morgan fingerprint density at radius 3 is 2.52 bits per heavy atom. The molecule has 1 aromatic heterocycles. The third-order valence-electron chi connectivity index (χ3n) is 3.22. The number of nitrogens with zero attached hydrogens (tertiary/aromatic N) is 2. The molecule has 0 unspecified atom stereocenters. The van der Waals surface area contributed by atoms with E-state index in [1.54, 1.807) is 42.5 Å². The van der Waals surface area contributed by atoms with Gasteiger partial charge in [-0.25, -0.2) is 4.79 Å². The molecule has 0 saturated carbocycles. The molecule has 1 heterocycles. The Kier molecular flexibility index (Phi) is 3.68. The van der Waals surface area contributed by atoms with Crippen molar-refractivity contribution in [2.24, 2.45) is 0 Å². The smallest absolute Gasteiger partial charge is 0.349 e. The Balaban J connectivity index is 1.93. The minimum absolute atomic E-state index is 0.536. The average molecular weight is 310 g/mol. The zero-order chi connectivity index (χ0) is 16.4. The van der Waals surface area contributed by atoms with Crippen LogP contribution < -0.4 is 21.7 Å². The summed E-state index contributed by atoms with van der Waals surface area (Å²) >= 11 is 0. The Morgan fingerprint density at radius 2 is 1.87 bits per heavy atom. The van der Waals surface area contributed by atoms with Crippen molar-refractivity contribution in [1.29, 1.82) is 0 Å². The number of hydrogen-bond donors (Lipinski definition) is 2. The van der Waals surface area contributed by atoms with Crippen LogP contribution in [-0.2, 0) is 0 Å². The molecular weight excluding hydrogens is 296 g/mol. The van der Waals surface area contributed by atoms with Crippen LogP contribution in [0.15, 0.2) is 58.3 Å². The van der Waals surface area contributed by atoms with Crippen molar-refractivity contribution in [1.82, 2.24) is 14.8 Å². The fourth-order valence-electron chi connectivity index (χ4n) is 2.08. The molecule has 7 nitrogen and oxygen atoms in total. The number of nitrogens with two attached hydrogens (primary N) is 1. The summed E-state index contributed by atoms with van der Waals surface area (Å²) in [5, 5.41) is 3.82. The maximum absolute atomic E-state index is 11.8. The van der Waals surface area contributed by atoms with Crippen molar-refractivity contribution in [3.05, 3.63) is 75.1 Å². The van der Waals surface area contributed by atoms with Crippen molar-refractivity contribution in [2.75, 3.05) is 5.73 Å². The fraction of sp³-hybridized carbons (Fsp3) is 0.0625. The van der Waals surface area contributed by atoms with E-state index < -0.39 is 11.2 Å². The minimum Gasteiger partial charge on any atom is -0.457 e. The minimum atomic E-state index is -0.593. The number of rotatable bonds is 3. The fourth-order valence-corrected chi connectivity index (χ4v) is 2.08. The first-order valence-electron chi connectivity index (χ1n) is 6.86. The number of ether oxygens (including phenoxy) is 1. The molecule has 23 heavy (non-hydrogen) atoms. The molecule has 2 aromatic carbocycles. The van der Waals surface area contributed by atoms with Gasteiger partial charge in [0.1, 0.15) is 17.7 Å². The quantitative estimate of drug-likeness (QED) is 0.715. The van der Waals surface area contributed by atoms with Gasteiger partial charge in [0, 0.05) is 5.69 Å². The lowest BCUT2D eigenvalue weighted by Crippen LogP contribution is -2.30. The van der Waals surface area contributed by atoms with Gasteiger partial charge in [-0.05, 0) is 55.0 Å². The predicted octanol–water partition coefficient (Wildman–Crippen LogP) is 1.60. The second kappa shape index (κ2) is 5.80. The van der Waals surface area contributed by atoms with E-state index in [0.717, 1.165) is 16.4 Å². The normalized spacial score (nSPS) is 10.5. The molecule has 0 atom stereocenters. The third-order valence-corrected chi connectivity index (χ3v) is 3.22. The van der Waals surface area contributed by atoms with Crippen LogP contribution >= 0.6 is 0 Å². The van der Waals surface area contributed by atoms with Crippen LogP contribution in [0.2, 0.25) is 0 Å². The molecule has 3 aromatic rings. The summed E-state index contributed by atoms with van der Waals surface area (Å²) < 4.78 is 6.90. The molecule has 0 saturated heterocycles. The van der Waals surface area contributed by atoms with Crippen LogP contribution in [0.4, 0.5) is 5.69 Å². The molecule has 0 fully saturated rings. The van der Waals surface area contributed by atoms with Crippen LogP contribution in [0.3, 0.4) is 0 Å². The Hall–Kier alpha value is -3.35. The van der Waals surface area contributed by atoms with Gasteiger partial charge in [0.25, 0.3) is 5.56 Å². The number of aryl methyl sites for hydroxylation is 1. The van der Waals surface area contributed by atoms with Gasteiger partial charge < -0.3 is 10.5 Å². The van der Waals surface area contributed by atoms with E-state index >= 15 is 0 Å². The number of H-pyrrole nitrogens is 1. The molecule has 116 valence electrons. The summed E-state index contributed by atoms with van der Waals surface area (Å²) in [7, 11) is 0. The first-order valence-corrected chi connectivity index (χ1v) is 6.86. The van der Waals surface area contributed by atoms with Crippen LogP contribution in [-0.4, -0.2) is 14.8 Å². The average Bonchev–Trinajstić information content (AvgIpc) is 2.51. The molecule has 0 bridgehead atoms. The number of aromatic amines is 1. The van der Waals surface area contributed by atoms with Crippen molar-refractivity contribution >= 4 is 5.69 Å². The van der Waals surface area contributed by atoms with Crippen LogP contribution in [0.25, 0.3) is 5.69 Å². The summed E-state index contributed by atoms with van der Waals surface area (Å²) in [6.45, 7) is 1.85. The second-order valence-electron chi connectivity index (χ2n) is 4.97. The van der Waals surface area contributed by atoms with Gasteiger partial charge in [0.15, 0.2) is 0 Å². The van der Waals surface area contributed by atoms with E-state index in [1.807, 2.05) is 6.92 Å². The molecule has 7 heteroatoms. The highest BCUT2D eigenvalue weighted by atomic mass is 16.5. The van der Waals surface area contributed by atoms with E-state index in [-0.39, 0.29) is 0 Å². The predicted molar refractivity (Wildman–Crippen MR) is 86.1 cm³/mol. The second-order valence-corrected chi connectivity index (χ2v) is 4.97. The number of nitrogen functional groups attached to an aromatic ring is 1. The number of nitrogens with one attached hydrogen (secondary N) is 1. The highest BCUT2D eigenvalue weighted by Crippen LogP contribution is 2.26. The van der Waals surface area contributed by atoms with Gasteiger partial charge in [-0.1, -0.05) is 0 Å². The lowest BCUT2D eigenvalue weighted by Gasteiger charge is -2.11. The van der Waals surface area contributed by atoms with Crippen molar-refractivity contribution in [3.63, 3.8) is 0 Å². The van der Waals surface area contributed by atoms with Crippen molar-refractivity contribution < 1.29 is 4.74 Å². The van der Waals surface area contributed by atoms with Gasteiger partial charge in [-0.2, -0.15) is 9.78 Å². The largest absolute Gasteiger partial charge is 0.457 e. The molecular formula is C16H14N4O3. The maximum Gasteiger partial charge on any atom is 0.349 e. The molecule has 0 aliphatic carbocycles. The van der Waals surface area contributed by atoms with Gasteiger partial charge in [0.2, 0.25) is 0 Å². The first-order chi connectivity index (χ1) is 11.0. The lowest BCUT2D eigenvalue weighted by molar-refractivity contribution is 0.479. The molecule has 0 spiro atoms.